The molecular formula is C24H21F3N4O6S. The van der Waals surface area contributed by atoms with E-state index in [9.17, 15) is 22.7 Å². The highest BCUT2D eigenvalue weighted by Crippen LogP contribution is 2.33. The molecule has 0 spiro atoms. The molecule has 1 atom stereocenters. The number of aromatic nitrogens is 3. The van der Waals surface area contributed by atoms with Crippen LogP contribution < -0.4 is 10.1 Å². The molecule has 4 aromatic rings. The molecule has 10 nitrogen and oxygen atoms in total. The number of hydrogen-bond donors (Lipinski definition) is 4. The first-order valence-corrected chi connectivity index (χ1v) is 12.7. The van der Waals surface area contributed by atoms with Gasteiger partial charge in [0.25, 0.3) is 5.91 Å². The molecule has 0 unspecified atom stereocenters. The first-order valence-electron chi connectivity index (χ1n) is 11.0. The van der Waals surface area contributed by atoms with Crippen LogP contribution in [0.25, 0.3) is 22.0 Å². The van der Waals surface area contributed by atoms with Crippen LogP contribution in [0.4, 0.5) is 13.2 Å². The van der Waals surface area contributed by atoms with E-state index in [4.69, 9.17) is 9.84 Å². The number of methoxy groups -OCH3 is 1. The highest BCUT2D eigenvalue weighted by atomic mass is 32.2. The molecule has 200 valence electrons. The lowest BCUT2D eigenvalue weighted by Gasteiger charge is -2.12. The van der Waals surface area contributed by atoms with E-state index >= 15 is 8.78 Å². The Morgan fingerprint density at radius 3 is 2.61 bits per heavy atom. The highest BCUT2D eigenvalue weighted by Gasteiger charge is 2.26. The fourth-order valence-corrected chi connectivity index (χ4v) is 5.24. The molecule has 2 aromatic heterocycles. The van der Waals surface area contributed by atoms with Gasteiger partial charge in [-0.3, -0.25) is 9.89 Å². The lowest BCUT2D eigenvalue weighted by molar-refractivity contribution is 0.0800. The third-order valence-electron chi connectivity index (χ3n) is 5.63. The van der Waals surface area contributed by atoms with Gasteiger partial charge in [-0.2, -0.15) is 5.10 Å². The van der Waals surface area contributed by atoms with Crippen molar-refractivity contribution < 1.29 is 41.3 Å². The van der Waals surface area contributed by atoms with E-state index in [1.165, 1.54) is 30.3 Å². The average Bonchev–Trinajstić information content (AvgIpc) is 3.34. The van der Waals surface area contributed by atoms with Crippen LogP contribution >= 0.6 is 0 Å². The molecule has 0 bridgehead atoms. The molecule has 0 aliphatic rings. The quantitative estimate of drug-likeness (QED) is 0.247. The lowest BCUT2D eigenvalue weighted by atomic mass is 10.00. The second-order valence-corrected chi connectivity index (χ2v) is 10.1. The Kier molecular flexibility index (Phi) is 7.66. The Bertz CT molecular complexity index is 1630. The molecule has 0 radical (unpaired) electrons. The number of fused-ring (bicyclic) bond motifs is 1. The van der Waals surface area contributed by atoms with Gasteiger partial charge in [0.1, 0.15) is 27.7 Å². The Morgan fingerprint density at radius 1 is 1.16 bits per heavy atom. The number of carbonyl (C=O) groups is 1. The zero-order chi connectivity index (χ0) is 27.6. The number of nitrogens with zero attached hydrogens (tertiary/aromatic N) is 2. The molecule has 0 saturated carbocycles. The molecule has 2 heterocycles. The smallest absolute Gasteiger partial charge is 0.270 e. The SMILES string of the molecule is COc1ncc(F)cc1S(=O)(=O)Cc1cccc(-c2ccc3c(C(=O)NC[C@H](O)CO)[nH]nc3c2F)c1F. The third kappa shape index (κ3) is 5.18. The number of hydrogen-bond acceptors (Lipinski definition) is 8. The molecule has 4 N–H and O–H groups in total. The topological polar surface area (TPSA) is 154 Å². The van der Waals surface area contributed by atoms with Crippen molar-refractivity contribution in [2.75, 3.05) is 20.3 Å². The van der Waals surface area contributed by atoms with Gasteiger partial charge in [0.05, 0.1) is 31.8 Å². The summed E-state index contributed by atoms with van der Waals surface area (Å²) in [5, 5.41) is 26.9. The van der Waals surface area contributed by atoms with Crippen LogP contribution in [0.5, 0.6) is 5.88 Å². The number of aliphatic hydroxyl groups excluding tert-OH is 2. The first-order chi connectivity index (χ1) is 18.1. The summed E-state index contributed by atoms with van der Waals surface area (Å²) < 4.78 is 75.4. The maximum Gasteiger partial charge on any atom is 0.270 e. The predicted molar refractivity (Wildman–Crippen MR) is 129 cm³/mol. The normalized spacial score (nSPS) is 12.5. The molecule has 0 saturated heterocycles. The standard InChI is InChI=1S/C24H21F3N4O6S/c1-37-24-18(7-13(25)8-29-24)38(35,36)11-12-3-2-4-15(19(12)26)16-5-6-17-21(20(16)27)30-31-22(17)23(34)28-9-14(33)10-32/h2-8,14,32-33H,9-11H2,1H3,(H,28,34)(H,30,31)/t14-/m0/s1. The molecule has 1 amide bonds. The van der Waals surface area contributed by atoms with Crippen LogP contribution in [0.15, 0.2) is 47.5 Å². The van der Waals surface area contributed by atoms with Crippen molar-refractivity contribution in [3.05, 3.63) is 71.3 Å². The monoisotopic (exact) mass is 550 g/mol. The van der Waals surface area contributed by atoms with Gasteiger partial charge in [0.15, 0.2) is 15.7 Å². The third-order valence-corrected chi connectivity index (χ3v) is 7.28. The summed E-state index contributed by atoms with van der Waals surface area (Å²) >= 11 is 0. The first kappa shape index (κ1) is 27.0. The number of amides is 1. The number of rotatable bonds is 9. The van der Waals surface area contributed by atoms with Crippen LogP contribution in [0.2, 0.25) is 0 Å². The Labute approximate surface area is 214 Å². The number of sulfone groups is 1. The van der Waals surface area contributed by atoms with Gasteiger partial charge in [-0.05, 0) is 12.1 Å². The van der Waals surface area contributed by atoms with Crippen LogP contribution in [0.1, 0.15) is 16.1 Å². The van der Waals surface area contributed by atoms with E-state index in [1.807, 2.05) is 0 Å². The second kappa shape index (κ2) is 10.8. The fourth-order valence-electron chi connectivity index (χ4n) is 3.76. The summed E-state index contributed by atoms with van der Waals surface area (Å²) in [6.07, 6.45) is -0.408. The van der Waals surface area contributed by atoms with Crippen LogP contribution in [-0.2, 0) is 15.6 Å². The Balaban J connectivity index is 1.69. The lowest BCUT2D eigenvalue weighted by Crippen LogP contribution is -2.34. The van der Waals surface area contributed by atoms with Gasteiger partial charge in [-0.15, -0.1) is 0 Å². The van der Waals surface area contributed by atoms with Crippen molar-refractivity contribution in [3.63, 3.8) is 0 Å². The average molecular weight is 551 g/mol. The number of aromatic amines is 1. The number of aliphatic hydroxyl groups is 2. The number of H-pyrrole nitrogens is 1. The zero-order valence-corrected chi connectivity index (χ0v) is 20.5. The van der Waals surface area contributed by atoms with Gasteiger partial charge in [0, 0.05) is 28.6 Å². The van der Waals surface area contributed by atoms with Crippen molar-refractivity contribution in [2.24, 2.45) is 0 Å². The second-order valence-electron chi connectivity index (χ2n) is 8.17. The summed E-state index contributed by atoms with van der Waals surface area (Å²) in [7, 11) is -3.17. The fraction of sp³-hybridized carbons (Fsp3) is 0.208. The number of benzene rings is 2. The minimum absolute atomic E-state index is 0.0760. The van der Waals surface area contributed by atoms with E-state index in [1.54, 1.807) is 0 Å². The predicted octanol–water partition coefficient (Wildman–Crippen LogP) is 2.11. The van der Waals surface area contributed by atoms with Gasteiger partial charge >= 0.3 is 0 Å². The van der Waals surface area contributed by atoms with E-state index in [0.717, 1.165) is 13.3 Å². The summed E-state index contributed by atoms with van der Waals surface area (Å²) in [5.74, 6) is -4.88. The van der Waals surface area contributed by atoms with Gasteiger partial charge < -0.3 is 20.3 Å². The molecule has 4 rings (SSSR count). The Morgan fingerprint density at radius 2 is 1.89 bits per heavy atom. The molecule has 38 heavy (non-hydrogen) atoms. The minimum Gasteiger partial charge on any atom is -0.480 e. The maximum absolute atomic E-state index is 15.5. The maximum atomic E-state index is 15.5. The van der Waals surface area contributed by atoms with E-state index in [0.29, 0.717) is 6.07 Å². The number of pyridine rings is 1. The molecular weight excluding hydrogens is 529 g/mol. The number of halogens is 3. The van der Waals surface area contributed by atoms with Crippen molar-refractivity contribution in [3.8, 4) is 17.0 Å². The molecule has 14 heteroatoms. The van der Waals surface area contributed by atoms with Crippen LogP contribution in [0.3, 0.4) is 0 Å². The minimum atomic E-state index is -4.32. The molecule has 0 aliphatic carbocycles. The van der Waals surface area contributed by atoms with E-state index < -0.39 is 56.6 Å². The number of ether oxygens (including phenoxy) is 1. The largest absolute Gasteiger partial charge is 0.480 e. The van der Waals surface area contributed by atoms with Gasteiger partial charge in [-0.1, -0.05) is 24.3 Å². The summed E-state index contributed by atoms with van der Waals surface area (Å²) in [6, 6.07) is 7.04. The highest BCUT2D eigenvalue weighted by molar-refractivity contribution is 7.90. The molecule has 0 aliphatic heterocycles. The van der Waals surface area contributed by atoms with Crippen LogP contribution in [0, 0.1) is 17.5 Å². The van der Waals surface area contributed by atoms with Crippen molar-refractivity contribution >= 4 is 26.6 Å². The van der Waals surface area contributed by atoms with E-state index in [-0.39, 0.29) is 45.7 Å². The van der Waals surface area contributed by atoms with Crippen molar-refractivity contribution in [1.82, 2.24) is 20.5 Å². The van der Waals surface area contributed by atoms with Crippen molar-refractivity contribution in [1.29, 1.82) is 0 Å². The summed E-state index contributed by atoms with van der Waals surface area (Å²) in [4.78, 5) is 15.4. The zero-order valence-electron chi connectivity index (χ0n) is 19.7. The number of nitrogens with one attached hydrogen (secondary N) is 2. The summed E-state index contributed by atoms with van der Waals surface area (Å²) in [6.45, 7) is -0.824. The summed E-state index contributed by atoms with van der Waals surface area (Å²) in [5.41, 5.74) is -1.20. The van der Waals surface area contributed by atoms with E-state index in [2.05, 4.69) is 20.5 Å². The molecule has 0 fully saturated rings. The van der Waals surface area contributed by atoms with Crippen LogP contribution in [-0.4, -0.2) is 66.1 Å². The van der Waals surface area contributed by atoms with Gasteiger partial charge in [0.2, 0.25) is 5.88 Å². The van der Waals surface area contributed by atoms with Gasteiger partial charge in [-0.25, -0.2) is 26.6 Å². The Hall–Kier alpha value is -4.01. The van der Waals surface area contributed by atoms with Crippen molar-refractivity contribution in [2.45, 2.75) is 16.8 Å². The number of carbonyl (C=O) groups excluding carboxylic acids is 1. The molecule has 2 aromatic carbocycles.